The van der Waals surface area contributed by atoms with Gasteiger partial charge in [-0.2, -0.15) is 0 Å². The van der Waals surface area contributed by atoms with Crippen molar-refractivity contribution in [3.8, 4) is 5.75 Å². The number of H-pyrrole nitrogens is 1. The molecule has 0 saturated carbocycles. The van der Waals surface area contributed by atoms with Gasteiger partial charge in [0.05, 0.1) is 23.7 Å². The van der Waals surface area contributed by atoms with Gasteiger partial charge in [-0.05, 0) is 43.7 Å². The largest absolute Gasteiger partial charge is 0.495 e. The van der Waals surface area contributed by atoms with Crippen LogP contribution in [0.2, 0.25) is 0 Å². The molecule has 4 rings (SSSR count). The Balaban J connectivity index is 1.28. The van der Waals surface area contributed by atoms with Gasteiger partial charge >= 0.3 is 5.69 Å². The van der Waals surface area contributed by atoms with Crippen LogP contribution in [0.1, 0.15) is 12.8 Å². The molecule has 1 N–H and O–H groups in total. The van der Waals surface area contributed by atoms with E-state index in [9.17, 15) is 9.59 Å². The summed E-state index contributed by atoms with van der Waals surface area (Å²) in [5.41, 5.74) is 1.20. The average Bonchev–Trinajstić information content (AvgIpc) is 2.79. The van der Waals surface area contributed by atoms with Crippen LogP contribution in [0.25, 0.3) is 10.9 Å². The molecule has 1 aliphatic rings. The van der Waals surface area contributed by atoms with Gasteiger partial charge in [-0.15, -0.1) is 0 Å². The lowest BCUT2D eigenvalue weighted by molar-refractivity contribution is 0.250. The lowest BCUT2D eigenvalue weighted by Crippen LogP contribution is -2.46. The molecule has 2 heterocycles. The maximum absolute atomic E-state index is 12.6. The van der Waals surface area contributed by atoms with Crippen LogP contribution in [-0.4, -0.2) is 54.3 Å². The molecule has 2 aromatic carbocycles. The Morgan fingerprint density at radius 2 is 1.60 bits per heavy atom. The fraction of sp³-hybridized carbons (Fsp3) is 0.391. The molecule has 7 heteroatoms. The van der Waals surface area contributed by atoms with E-state index in [1.54, 1.807) is 19.2 Å². The minimum atomic E-state index is -0.330. The van der Waals surface area contributed by atoms with E-state index in [2.05, 4.69) is 20.9 Å². The Hall–Kier alpha value is -3.06. The quantitative estimate of drug-likeness (QED) is 0.608. The summed E-state index contributed by atoms with van der Waals surface area (Å²) in [6.45, 7) is 5.33. The van der Waals surface area contributed by atoms with E-state index < -0.39 is 0 Å². The third-order valence-corrected chi connectivity index (χ3v) is 5.79. The first kappa shape index (κ1) is 20.2. The van der Waals surface area contributed by atoms with E-state index in [4.69, 9.17) is 4.74 Å². The highest BCUT2D eigenvalue weighted by molar-refractivity contribution is 5.76. The van der Waals surface area contributed by atoms with Crippen molar-refractivity contribution in [3.05, 3.63) is 69.4 Å². The van der Waals surface area contributed by atoms with E-state index in [0.29, 0.717) is 17.4 Å². The zero-order chi connectivity index (χ0) is 20.9. The van der Waals surface area contributed by atoms with Crippen LogP contribution >= 0.6 is 0 Å². The number of methoxy groups -OCH3 is 1. The zero-order valence-electron chi connectivity index (χ0n) is 17.3. The van der Waals surface area contributed by atoms with Crippen molar-refractivity contribution in [2.24, 2.45) is 0 Å². The molecule has 3 aromatic rings. The third kappa shape index (κ3) is 4.26. The van der Waals surface area contributed by atoms with Gasteiger partial charge in [0.25, 0.3) is 5.56 Å². The van der Waals surface area contributed by atoms with Crippen molar-refractivity contribution >= 4 is 16.6 Å². The number of rotatable bonds is 7. The van der Waals surface area contributed by atoms with Gasteiger partial charge in [-0.3, -0.25) is 14.3 Å². The number of fused-ring (bicyclic) bond motifs is 1. The normalized spacial score (nSPS) is 14.9. The van der Waals surface area contributed by atoms with Crippen LogP contribution in [0.4, 0.5) is 5.69 Å². The maximum Gasteiger partial charge on any atom is 0.328 e. The number of nitrogens with zero attached hydrogens (tertiary/aromatic N) is 3. The number of aromatic nitrogens is 2. The first-order valence-corrected chi connectivity index (χ1v) is 10.5. The summed E-state index contributed by atoms with van der Waals surface area (Å²) in [7, 11) is 1.71. The average molecular weight is 409 g/mol. The summed E-state index contributed by atoms with van der Waals surface area (Å²) < 4.78 is 6.80. The van der Waals surface area contributed by atoms with Crippen molar-refractivity contribution in [1.29, 1.82) is 0 Å². The molecule has 1 aromatic heterocycles. The lowest BCUT2D eigenvalue weighted by atomic mass is 10.2. The molecule has 0 atom stereocenters. The number of benzene rings is 2. The van der Waals surface area contributed by atoms with Crippen molar-refractivity contribution < 1.29 is 4.74 Å². The zero-order valence-corrected chi connectivity index (χ0v) is 17.3. The van der Waals surface area contributed by atoms with E-state index in [1.807, 2.05) is 30.3 Å². The Morgan fingerprint density at radius 1 is 0.900 bits per heavy atom. The van der Waals surface area contributed by atoms with Gasteiger partial charge in [0.2, 0.25) is 0 Å². The fourth-order valence-corrected chi connectivity index (χ4v) is 4.11. The molecule has 1 saturated heterocycles. The number of aromatic amines is 1. The van der Waals surface area contributed by atoms with Crippen molar-refractivity contribution in [3.63, 3.8) is 0 Å². The van der Waals surface area contributed by atoms with E-state index >= 15 is 0 Å². The Labute approximate surface area is 175 Å². The highest BCUT2D eigenvalue weighted by Gasteiger charge is 2.19. The number of ether oxygens (including phenoxy) is 1. The lowest BCUT2D eigenvalue weighted by Gasteiger charge is -2.36. The van der Waals surface area contributed by atoms with Crippen LogP contribution in [-0.2, 0) is 6.54 Å². The topological polar surface area (TPSA) is 70.6 Å². The van der Waals surface area contributed by atoms with E-state index in [-0.39, 0.29) is 11.2 Å². The summed E-state index contributed by atoms with van der Waals surface area (Å²) in [6.07, 6.45) is 1.75. The van der Waals surface area contributed by atoms with Gasteiger partial charge in [0.1, 0.15) is 5.75 Å². The van der Waals surface area contributed by atoms with Gasteiger partial charge < -0.3 is 14.6 Å². The number of para-hydroxylation sites is 3. The van der Waals surface area contributed by atoms with Gasteiger partial charge in [0.15, 0.2) is 0 Å². The van der Waals surface area contributed by atoms with E-state index in [1.165, 1.54) is 4.57 Å². The molecule has 0 radical (unpaired) electrons. The summed E-state index contributed by atoms with van der Waals surface area (Å²) in [5.74, 6) is 0.914. The highest BCUT2D eigenvalue weighted by Crippen LogP contribution is 2.28. The summed E-state index contributed by atoms with van der Waals surface area (Å²) in [4.78, 5) is 32.4. The van der Waals surface area contributed by atoms with Crippen LogP contribution in [0.3, 0.4) is 0 Å². The van der Waals surface area contributed by atoms with E-state index in [0.717, 1.165) is 57.0 Å². The second-order valence-electron chi connectivity index (χ2n) is 7.64. The predicted molar refractivity (Wildman–Crippen MR) is 120 cm³/mol. The van der Waals surface area contributed by atoms with Crippen molar-refractivity contribution in [2.45, 2.75) is 19.4 Å². The summed E-state index contributed by atoms with van der Waals surface area (Å²) in [6, 6.07) is 15.3. The Morgan fingerprint density at radius 3 is 2.40 bits per heavy atom. The molecule has 0 amide bonds. The Bertz CT molecular complexity index is 1110. The number of anilines is 1. The number of unbranched alkanes of at least 4 members (excludes halogenated alkanes) is 1. The first-order chi connectivity index (χ1) is 14.7. The predicted octanol–water partition coefficient (Wildman–Crippen LogP) is 2.30. The highest BCUT2D eigenvalue weighted by atomic mass is 16.5. The molecule has 0 spiro atoms. The van der Waals surface area contributed by atoms with Gasteiger partial charge in [-0.25, -0.2) is 4.79 Å². The van der Waals surface area contributed by atoms with Crippen molar-refractivity contribution in [1.82, 2.24) is 14.5 Å². The molecule has 1 fully saturated rings. The standard InChI is InChI=1S/C23H28N4O3/c1-30-21-11-5-4-10-20(21)26-16-14-25(15-17-26)12-6-7-13-27-22(28)18-8-2-3-9-19(18)24-23(27)29/h2-5,8-11H,6-7,12-17H2,1H3,(H,24,29). The van der Waals surface area contributed by atoms with Crippen LogP contribution < -0.4 is 20.9 Å². The second kappa shape index (κ2) is 9.17. The first-order valence-electron chi connectivity index (χ1n) is 10.5. The molecule has 0 unspecified atom stereocenters. The third-order valence-electron chi connectivity index (χ3n) is 5.79. The summed E-state index contributed by atoms with van der Waals surface area (Å²) >= 11 is 0. The number of hydrogen-bond acceptors (Lipinski definition) is 5. The smallest absolute Gasteiger partial charge is 0.328 e. The van der Waals surface area contributed by atoms with Crippen molar-refractivity contribution in [2.75, 3.05) is 44.7 Å². The molecule has 0 bridgehead atoms. The minimum Gasteiger partial charge on any atom is -0.495 e. The van der Waals surface area contributed by atoms with Crippen LogP contribution in [0.15, 0.2) is 58.1 Å². The van der Waals surface area contributed by atoms with Gasteiger partial charge in [0, 0.05) is 32.7 Å². The molecule has 158 valence electrons. The number of piperazine rings is 1. The second-order valence-corrected chi connectivity index (χ2v) is 7.64. The fourth-order valence-electron chi connectivity index (χ4n) is 4.11. The molecule has 1 aliphatic heterocycles. The SMILES string of the molecule is COc1ccccc1N1CCN(CCCCn2c(=O)[nH]c3ccccc3c2=O)CC1. The minimum absolute atomic E-state index is 0.209. The molecule has 7 nitrogen and oxygen atoms in total. The maximum atomic E-state index is 12.6. The molecule has 30 heavy (non-hydrogen) atoms. The molecule has 0 aliphatic carbocycles. The Kier molecular flexibility index (Phi) is 6.18. The molecular weight excluding hydrogens is 380 g/mol. The molecular formula is C23H28N4O3. The number of hydrogen-bond donors (Lipinski definition) is 1. The van der Waals surface area contributed by atoms with Crippen LogP contribution in [0, 0.1) is 0 Å². The number of nitrogens with one attached hydrogen (secondary N) is 1. The summed E-state index contributed by atoms with van der Waals surface area (Å²) in [5, 5.41) is 0.560. The van der Waals surface area contributed by atoms with Gasteiger partial charge in [-0.1, -0.05) is 24.3 Å². The monoisotopic (exact) mass is 408 g/mol. The van der Waals surface area contributed by atoms with Crippen LogP contribution in [0.5, 0.6) is 5.75 Å².